The Morgan fingerprint density at radius 1 is 1.42 bits per heavy atom. The summed E-state index contributed by atoms with van der Waals surface area (Å²) in [4.78, 5) is 2.44. The van der Waals surface area contributed by atoms with Crippen molar-refractivity contribution < 1.29 is 4.39 Å². The topological polar surface area (TPSA) is 15.3 Å². The molecule has 1 saturated heterocycles. The number of rotatable bonds is 2. The largest absolute Gasteiger partial charge is 0.365 e. The second-order valence-corrected chi connectivity index (χ2v) is 7.31. The molecule has 1 N–H and O–H groups in total. The van der Waals surface area contributed by atoms with Gasteiger partial charge in [-0.2, -0.15) is 0 Å². The van der Waals surface area contributed by atoms with Crippen LogP contribution in [0.3, 0.4) is 0 Å². The number of piperazine rings is 1. The molecule has 1 aliphatic heterocycles. The van der Waals surface area contributed by atoms with E-state index in [0.29, 0.717) is 6.04 Å². The Bertz CT molecular complexity index is 489. The predicted molar refractivity (Wildman–Crippen MR) is 85.1 cm³/mol. The van der Waals surface area contributed by atoms with Crippen LogP contribution in [0.2, 0.25) is 0 Å². The molecule has 1 saturated carbocycles. The van der Waals surface area contributed by atoms with E-state index >= 15 is 0 Å². The van der Waals surface area contributed by atoms with Gasteiger partial charge in [0.1, 0.15) is 5.82 Å². The third-order valence-electron chi connectivity index (χ3n) is 4.53. The molecule has 0 bridgehead atoms. The van der Waals surface area contributed by atoms with Crippen LogP contribution in [-0.4, -0.2) is 24.7 Å². The molecule has 0 radical (unpaired) electrons. The van der Waals surface area contributed by atoms with Crippen LogP contribution < -0.4 is 10.2 Å². The Morgan fingerprint density at radius 3 is 2.79 bits per heavy atom. The van der Waals surface area contributed by atoms with E-state index in [9.17, 15) is 4.39 Å². The Kier molecular flexibility index (Phi) is 3.50. The van der Waals surface area contributed by atoms with E-state index in [1.54, 1.807) is 12.1 Å². The molecule has 1 aromatic carbocycles. The van der Waals surface area contributed by atoms with E-state index in [2.05, 4.69) is 46.7 Å². The van der Waals surface area contributed by atoms with Crippen molar-refractivity contribution in [3.63, 3.8) is 0 Å². The molecule has 19 heavy (non-hydrogen) atoms. The zero-order chi connectivity index (χ0) is 13.6. The van der Waals surface area contributed by atoms with E-state index in [0.717, 1.165) is 22.6 Å². The quantitative estimate of drug-likeness (QED) is 0.799. The summed E-state index contributed by atoms with van der Waals surface area (Å²) in [5, 5.41) is 3.72. The summed E-state index contributed by atoms with van der Waals surface area (Å²) in [5.74, 6) is 0.654. The Hall–Kier alpha value is -0.360. The first-order valence-corrected chi connectivity index (χ1v) is 8.04. The maximum atomic E-state index is 13.3. The second kappa shape index (κ2) is 4.88. The molecular formula is C15H20FIN2. The lowest BCUT2D eigenvalue weighted by atomic mass is 9.91. The van der Waals surface area contributed by atoms with Gasteiger partial charge in [0.15, 0.2) is 0 Å². The van der Waals surface area contributed by atoms with Gasteiger partial charge < -0.3 is 10.2 Å². The van der Waals surface area contributed by atoms with Crippen molar-refractivity contribution in [1.82, 2.24) is 5.32 Å². The van der Waals surface area contributed by atoms with Crippen molar-refractivity contribution in [3.8, 4) is 0 Å². The number of nitrogens with one attached hydrogen (secondary N) is 1. The van der Waals surface area contributed by atoms with Crippen molar-refractivity contribution >= 4 is 28.3 Å². The molecule has 2 atom stereocenters. The second-order valence-electron chi connectivity index (χ2n) is 6.15. The fourth-order valence-electron chi connectivity index (χ4n) is 3.09. The summed E-state index contributed by atoms with van der Waals surface area (Å²) in [6.07, 6.45) is 2.68. The predicted octanol–water partition coefficient (Wildman–Crippen LogP) is 3.40. The standard InChI is InChI=1S/C15H20FIN2/c1-10-8-18-15(2,11-3-4-11)9-19(10)14-6-5-12(16)7-13(14)17/h5-7,10-11,18H,3-4,8-9H2,1-2H3. The van der Waals surface area contributed by atoms with Gasteiger partial charge in [0, 0.05) is 28.2 Å². The summed E-state index contributed by atoms with van der Waals surface area (Å²) in [7, 11) is 0. The normalized spacial score (nSPS) is 31.6. The zero-order valence-corrected chi connectivity index (χ0v) is 13.6. The third kappa shape index (κ3) is 2.61. The summed E-state index contributed by atoms with van der Waals surface area (Å²) in [6.45, 7) is 6.58. The highest BCUT2D eigenvalue weighted by Crippen LogP contribution is 2.42. The van der Waals surface area contributed by atoms with Crippen molar-refractivity contribution in [2.45, 2.75) is 38.3 Å². The molecule has 1 aliphatic carbocycles. The van der Waals surface area contributed by atoms with Gasteiger partial charge in [0.05, 0.1) is 5.69 Å². The average molecular weight is 374 g/mol. The molecule has 4 heteroatoms. The van der Waals surface area contributed by atoms with Gasteiger partial charge in [-0.15, -0.1) is 0 Å². The third-order valence-corrected chi connectivity index (χ3v) is 5.39. The van der Waals surface area contributed by atoms with E-state index < -0.39 is 0 Å². The molecule has 3 rings (SSSR count). The van der Waals surface area contributed by atoms with Gasteiger partial charge in [0.25, 0.3) is 0 Å². The first-order chi connectivity index (χ1) is 8.99. The van der Waals surface area contributed by atoms with Gasteiger partial charge in [0.2, 0.25) is 0 Å². The van der Waals surface area contributed by atoms with E-state index in [1.165, 1.54) is 18.5 Å². The number of anilines is 1. The minimum absolute atomic E-state index is 0.152. The smallest absolute Gasteiger partial charge is 0.124 e. The first-order valence-electron chi connectivity index (χ1n) is 6.96. The van der Waals surface area contributed by atoms with Crippen LogP contribution >= 0.6 is 22.6 Å². The molecule has 0 amide bonds. The molecule has 104 valence electrons. The highest BCUT2D eigenvalue weighted by molar-refractivity contribution is 14.1. The molecule has 2 fully saturated rings. The lowest BCUT2D eigenvalue weighted by Gasteiger charge is -2.47. The molecule has 1 heterocycles. The van der Waals surface area contributed by atoms with Crippen molar-refractivity contribution in [3.05, 3.63) is 27.6 Å². The maximum absolute atomic E-state index is 13.3. The molecule has 2 aliphatic rings. The number of halogens is 2. The fraction of sp³-hybridized carbons (Fsp3) is 0.600. The summed E-state index contributed by atoms with van der Waals surface area (Å²) >= 11 is 2.24. The van der Waals surface area contributed by atoms with Crippen LogP contribution in [0, 0.1) is 15.3 Å². The summed E-state index contributed by atoms with van der Waals surface area (Å²) in [5.41, 5.74) is 1.38. The summed E-state index contributed by atoms with van der Waals surface area (Å²) < 4.78 is 14.3. The maximum Gasteiger partial charge on any atom is 0.124 e. The fourth-order valence-corrected chi connectivity index (χ4v) is 3.87. The molecule has 0 spiro atoms. The van der Waals surface area contributed by atoms with Gasteiger partial charge in [-0.05, 0) is 73.4 Å². The monoisotopic (exact) mass is 374 g/mol. The number of benzene rings is 1. The van der Waals surface area contributed by atoms with Gasteiger partial charge in [-0.25, -0.2) is 4.39 Å². The minimum Gasteiger partial charge on any atom is -0.365 e. The highest BCUT2D eigenvalue weighted by atomic mass is 127. The zero-order valence-electron chi connectivity index (χ0n) is 11.4. The minimum atomic E-state index is -0.152. The number of hydrogen-bond donors (Lipinski definition) is 1. The Balaban J connectivity index is 1.88. The van der Waals surface area contributed by atoms with Gasteiger partial charge >= 0.3 is 0 Å². The molecule has 2 unspecified atom stereocenters. The molecule has 0 aromatic heterocycles. The highest BCUT2D eigenvalue weighted by Gasteiger charge is 2.45. The van der Waals surface area contributed by atoms with Crippen molar-refractivity contribution in [2.75, 3.05) is 18.0 Å². The molecule has 2 nitrogen and oxygen atoms in total. The van der Waals surface area contributed by atoms with Crippen LogP contribution in [0.5, 0.6) is 0 Å². The summed E-state index contributed by atoms with van der Waals surface area (Å²) in [6, 6.07) is 5.57. The number of hydrogen-bond acceptors (Lipinski definition) is 2. The van der Waals surface area contributed by atoms with E-state index in [-0.39, 0.29) is 11.4 Å². The molecular weight excluding hydrogens is 354 g/mol. The number of nitrogens with zero attached hydrogens (tertiary/aromatic N) is 1. The van der Waals surface area contributed by atoms with Crippen molar-refractivity contribution in [1.29, 1.82) is 0 Å². The Labute approximate surface area is 127 Å². The molecule has 1 aromatic rings. The first kappa shape index (κ1) is 13.6. The van der Waals surface area contributed by atoms with Gasteiger partial charge in [-0.3, -0.25) is 0 Å². The van der Waals surface area contributed by atoms with E-state index in [4.69, 9.17) is 0 Å². The van der Waals surface area contributed by atoms with Crippen LogP contribution in [0.15, 0.2) is 18.2 Å². The van der Waals surface area contributed by atoms with Crippen LogP contribution in [-0.2, 0) is 0 Å². The SMILES string of the molecule is CC1CNC(C)(C2CC2)CN1c1ccc(F)cc1I. The lowest BCUT2D eigenvalue weighted by molar-refractivity contribution is 0.260. The van der Waals surface area contributed by atoms with Crippen molar-refractivity contribution in [2.24, 2.45) is 5.92 Å². The van der Waals surface area contributed by atoms with E-state index in [1.807, 2.05) is 6.07 Å². The average Bonchev–Trinajstić information content (AvgIpc) is 3.17. The van der Waals surface area contributed by atoms with Gasteiger partial charge in [-0.1, -0.05) is 0 Å². The van der Waals surface area contributed by atoms with Crippen LogP contribution in [0.1, 0.15) is 26.7 Å². The van der Waals surface area contributed by atoms with Crippen LogP contribution in [0.25, 0.3) is 0 Å². The Morgan fingerprint density at radius 2 is 2.16 bits per heavy atom. The lowest BCUT2D eigenvalue weighted by Crippen LogP contribution is -2.63. The van der Waals surface area contributed by atoms with Crippen LogP contribution in [0.4, 0.5) is 10.1 Å².